The van der Waals surface area contributed by atoms with Gasteiger partial charge in [-0.3, -0.25) is 10.1 Å². The molecule has 0 bridgehead atoms. The molecule has 0 saturated carbocycles. The van der Waals surface area contributed by atoms with Crippen molar-refractivity contribution in [3.63, 3.8) is 0 Å². The lowest BCUT2D eigenvalue weighted by Gasteiger charge is -2.10. The van der Waals surface area contributed by atoms with Crippen LogP contribution < -0.4 is 10.1 Å². The smallest absolute Gasteiger partial charge is 0.310 e. The van der Waals surface area contributed by atoms with Crippen LogP contribution >= 0.6 is 0 Å². The molecule has 0 unspecified atom stereocenters. The van der Waals surface area contributed by atoms with Gasteiger partial charge >= 0.3 is 5.69 Å². The first kappa shape index (κ1) is 15.9. The molecule has 6 nitrogen and oxygen atoms in total. The van der Waals surface area contributed by atoms with Crippen LogP contribution in [0.1, 0.15) is 32.3 Å². The third-order valence-electron chi connectivity index (χ3n) is 2.63. The molecule has 0 aliphatic rings. The van der Waals surface area contributed by atoms with Crippen molar-refractivity contribution in [2.24, 2.45) is 0 Å². The second-order valence-corrected chi connectivity index (χ2v) is 4.70. The van der Waals surface area contributed by atoms with Crippen LogP contribution in [-0.4, -0.2) is 17.6 Å². The molecule has 0 aliphatic heterocycles. The van der Waals surface area contributed by atoms with Crippen molar-refractivity contribution >= 4 is 5.69 Å². The molecule has 20 heavy (non-hydrogen) atoms. The van der Waals surface area contributed by atoms with Crippen molar-refractivity contribution in [1.29, 1.82) is 5.26 Å². The summed E-state index contributed by atoms with van der Waals surface area (Å²) in [6.07, 6.45) is 0.935. The summed E-state index contributed by atoms with van der Waals surface area (Å²) in [7, 11) is 0. The zero-order chi connectivity index (χ0) is 15.0. The van der Waals surface area contributed by atoms with Crippen molar-refractivity contribution in [1.82, 2.24) is 5.32 Å². The third kappa shape index (κ3) is 5.24. The molecule has 0 aromatic heterocycles. The molecule has 0 amide bonds. The second-order valence-electron chi connectivity index (χ2n) is 4.70. The number of unbranched alkanes of at least 4 members (excludes halogenated alkanes) is 1. The number of nitriles is 1. The Kier molecular flexibility index (Phi) is 6.47. The van der Waals surface area contributed by atoms with Crippen LogP contribution in [0.25, 0.3) is 0 Å². The summed E-state index contributed by atoms with van der Waals surface area (Å²) in [5, 5.41) is 22.6. The Morgan fingerprint density at radius 1 is 1.50 bits per heavy atom. The van der Waals surface area contributed by atoms with Crippen LogP contribution in [0, 0.1) is 21.4 Å². The summed E-state index contributed by atoms with van der Waals surface area (Å²) in [4.78, 5) is 10.5. The number of nitrogens with one attached hydrogen (secondary N) is 1. The first-order valence-corrected chi connectivity index (χ1v) is 6.55. The normalized spacial score (nSPS) is 10.3. The fourth-order valence-electron chi connectivity index (χ4n) is 1.59. The van der Waals surface area contributed by atoms with Crippen molar-refractivity contribution in [3.05, 3.63) is 33.9 Å². The van der Waals surface area contributed by atoms with E-state index in [0.29, 0.717) is 32.0 Å². The van der Waals surface area contributed by atoms with Crippen molar-refractivity contribution in [2.75, 3.05) is 6.61 Å². The van der Waals surface area contributed by atoms with Crippen molar-refractivity contribution in [3.8, 4) is 11.8 Å². The maximum Gasteiger partial charge on any atom is 0.310 e. The minimum absolute atomic E-state index is 0.0461. The lowest BCUT2D eigenvalue weighted by molar-refractivity contribution is -0.385. The average Bonchev–Trinajstić information content (AvgIpc) is 2.41. The van der Waals surface area contributed by atoms with E-state index in [1.807, 2.05) is 19.9 Å². The third-order valence-corrected chi connectivity index (χ3v) is 2.63. The zero-order valence-corrected chi connectivity index (χ0v) is 11.8. The minimum atomic E-state index is -0.459. The maximum absolute atomic E-state index is 10.9. The Labute approximate surface area is 118 Å². The lowest BCUT2D eigenvalue weighted by atomic mass is 10.2. The van der Waals surface area contributed by atoms with E-state index in [9.17, 15) is 10.1 Å². The highest BCUT2D eigenvalue weighted by Crippen LogP contribution is 2.28. The molecule has 0 aliphatic carbocycles. The number of hydrogen-bond acceptors (Lipinski definition) is 5. The topological polar surface area (TPSA) is 88.2 Å². The highest BCUT2D eigenvalue weighted by atomic mass is 16.6. The standard InChI is InChI=1S/C14H19N3O3/c1-11(2)16-10-12-5-6-13(17(18)19)14(9-12)20-8-4-3-7-15/h5-6,9,11,16H,3-4,8,10H2,1-2H3. The predicted molar refractivity (Wildman–Crippen MR) is 75.4 cm³/mol. The Morgan fingerprint density at radius 2 is 2.25 bits per heavy atom. The fraction of sp³-hybridized carbons (Fsp3) is 0.500. The van der Waals surface area contributed by atoms with Gasteiger partial charge in [-0.25, -0.2) is 0 Å². The van der Waals surface area contributed by atoms with E-state index < -0.39 is 4.92 Å². The number of hydrogen-bond donors (Lipinski definition) is 1. The van der Waals surface area contributed by atoms with Gasteiger partial charge in [0.05, 0.1) is 17.6 Å². The van der Waals surface area contributed by atoms with Crippen LogP contribution in [0.5, 0.6) is 5.75 Å². The molecule has 108 valence electrons. The minimum Gasteiger partial charge on any atom is -0.487 e. The Hall–Kier alpha value is -2.13. The van der Waals surface area contributed by atoms with E-state index in [4.69, 9.17) is 10.00 Å². The van der Waals surface area contributed by atoms with Gasteiger partial charge < -0.3 is 10.1 Å². The first-order valence-electron chi connectivity index (χ1n) is 6.55. The van der Waals surface area contributed by atoms with Crippen LogP contribution in [0.4, 0.5) is 5.69 Å². The molecule has 1 N–H and O–H groups in total. The average molecular weight is 277 g/mol. The van der Waals surface area contributed by atoms with Gasteiger partial charge in [-0.15, -0.1) is 0 Å². The van der Waals surface area contributed by atoms with Gasteiger partial charge in [0.15, 0.2) is 5.75 Å². The SMILES string of the molecule is CC(C)NCc1ccc([N+](=O)[O-])c(OCCCC#N)c1. The number of rotatable bonds is 8. The predicted octanol–water partition coefficient (Wildman–Crippen LogP) is 2.78. The van der Waals surface area contributed by atoms with E-state index in [1.165, 1.54) is 6.07 Å². The summed E-state index contributed by atoms with van der Waals surface area (Å²) in [6, 6.07) is 7.20. The zero-order valence-electron chi connectivity index (χ0n) is 11.8. The van der Waals surface area contributed by atoms with Gasteiger partial charge in [-0.05, 0) is 18.1 Å². The van der Waals surface area contributed by atoms with Crippen molar-refractivity contribution in [2.45, 2.75) is 39.3 Å². The summed E-state index contributed by atoms with van der Waals surface area (Å²) < 4.78 is 5.43. The van der Waals surface area contributed by atoms with Gasteiger partial charge in [0.1, 0.15) is 0 Å². The molecule has 0 heterocycles. The summed E-state index contributed by atoms with van der Waals surface area (Å²) >= 11 is 0. The molecule has 0 saturated heterocycles. The molecule has 1 aromatic carbocycles. The summed E-state index contributed by atoms with van der Waals surface area (Å²) in [5.74, 6) is 0.260. The van der Waals surface area contributed by atoms with Gasteiger partial charge in [-0.2, -0.15) is 5.26 Å². The fourth-order valence-corrected chi connectivity index (χ4v) is 1.59. The van der Waals surface area contributed by atoms with E-state index in [0.717, 1.165) is 5.56 Å². The lowest BCUT2D eigenvalue weighted by Crippen LogP contribution is -2.21. The van der Waals surface area contributed by atoms with Gasteiger partial charge in [-0.1, -0.05) is 19.9 Å². The van der Waals surface area contributed by atoms with Crippen molar-refractivity contribution < 1.29 is 9.66 Å². The molecule has 0 spiro atoms. The molecular weight excluding hydrogens is 258 g/mol. The molecular formula is C14H19N3O3. The number of nitro benzene ring substituents is 1. The van der Waals surface area contributed by atoms with E-state index in [2.05, 4.69) is 5.32 Å². The first-order chi connectivity index (χ1) is 9.54. The largest absolute Gasteiger partial charge is 0.487 e. The molecule has 1 aromatic rings. The Balaban J connectivity index is 2.77. The number of benzene rings is 1. The Morgan fingerprint density at radius 3 is 2.85 bits per heavy atom. The monoisotopic (exact) mass is 277 g/mol. The summed E-state index contributed by atoms with van der Waals surface area (Å²) in [5.41, 5.74) is 0.884. The Bertz CT molecular complexity index is 495. The van der Waals surface area contributed by atoms with Crippen LogP contribution in [-0.2, 0) is 6.54 Å². The van der Waals surface area contributed by atoms with Crippen LogP contribution in [0.2, 0.25) is 0 Å². The number of nitrogens with zero attached hydrogens (tertiary/aromatic N) is 2. The molecule has 0 atom stereocenters. The molecule has 6 heteroatoms. The van der Waals surface area contributed by atoms with Crippen LogP contribution in [0.3, 0.4) is 0 Å². The molecule has 0 fully saturated rings. The number of nitro groups is 1. The van der Waals surface area contributed by atoms with Gasteiger partial charge in [0, 0.05) is 25.1 Å². The molecule has 0 radical (unpaired) electrons. The van der Waals surface area contributed by atoms with E-state index in [-0.39, 0.29) is 11.4 Å². The van der Waals surface area contributed by atoms with E-state index in [1.54, 1.807) is 12.1 Å². The van der Waals surface area contributed by atoms with Gasteiger partial charge in [0.25, 0.3) is 0 Å². The second kappa shape index (κ2) is 8.12. The quantitative estimate of drug-likeness (QED) is 0.448. The summed E-state index contributed by atoms with van der Waals surface area (Å²) in [6.45, 7) is 5.00. The highest BCUT2D eigenvalue weighted by molar-refractivity contribution is 5.48. The van der Waals surface area contributed by atoms with Crippen LogP contribution in [0.15, 0.2) is 18.2 Å². The highest BCUT2D eigenvalue weighted by Gasteiger charge is 2.15. The number of ether oxygens (including phenoxy) is 1. The maximum atomic E-state index is 10.9. The molecule has 1 rings (SSSR count). The van der Waals surface area contributed by atoms with E-state index >= 15 is 0 Å². The van der Waals surface area contributed by atoms with Gasteiger partial charge in [0.2, 0.25) is 0 Å².